The van der Waals surface area contributed by atoms with Gasteiger partial charge in [-0.3, -0.25) is 0 Å². The molecule has 5 nitrogen and oxygen atoms in total. The van der Waals surface area contributed by atoms with Crippen molar-refractivity contribution in [3.05, 3.63) is 17.1 Å². The van der Waals surface area contributed by atoms with Gasteiger partial charge in [-0.15, -0.1) is 11.8 Å². The highest BCUT2D eigenvalue weighted by Crippen LogP contribution is 2.25. The molecule has 1 aromatic rings. The number of aromatic carboxylic acids is 1. The molecule has 2 rings (SSSR count). The lowest BCUT2D eigenvalue weighted by atomic mass is 10.1. The molecule has 0 bridgehead atoms. The van der Waals surface area contributed by atoms with E-state index in [2.05, 4.69) is 9.97 Å². The lowest BCUT2D eigenvalue weighted by Gasteiger charge is -2.10. The second-order valence-corrected chi connectivity index (χ2v) is 6.05. The summed E-state index contributed by atoms with van der Waals surface area (Å²) in [6.45, 7) is 4.38. The van der Waals surface area contributed by atoms with Gasteiger partial charge in [0.05, 0.1) is 11.8 Å². The summed E-state index contributed by atoms with van der Waals surface area (Å²) in [5.41, 5.74) is 0.768. The van der Waals surface area contributed by atoms with E-state index >= 15 is 0 Å². The van der Waals surface area contributed by atoms with Crippen LogP contribution < -0.4 is 0 Å². The summed E-state index contributed by atoms with van der Waals surface area (Å²) in [7, 11) is 0. The van der Waals surface area contributed by atoms with Crippen molar-refractivity contribution in [3.8, 4) is 0 Å². The maximum atomic E-state index is 11.3. The Morgan fingerprint density at radius 2 is 2.25 bits per heavy atom. The van der Waals surface area contributed by atoms with Gasteiger partial charge in [0.15, 0.2) is 0 Å². The Kier molecular flexibility index (Phi) is 5.37. The molecule has 0 aliphatic carbocycles. The number of ether oxygens (including phenoxy) is 1. The Morgan fingerprint density at radius 3 is 2.90 bits per heavy atom. The summed E-state index contributed by atoms with van der Waals surface area (Å²) in [5.74, 6) is 0.522. The van der Waals surface area contributed by atoms with Gasteiger partial charge in [0.2, 0.25) is 0 Å². The summed E-state index contributed by atoms with van der Waals surface area (Å²) < 4.78 is 5.58. The van der Waals surface area contributed by atoms with Gasteiger partial charge < -0.3 is 9.84 Å². The maximum Gasteiger partial charge on any atom is 0.340 e. The van der Waals surface area contributed by atoms with Crippen LogP contribution in [0.1, 0.15) is 47.6 Å². The molecule has 0 spiro atoms. The predicted molar refractivity (Wildman–Crippen MR) is 77.4 cm³/mol. The molecular weight excluding hydrogens is 276 g/mol. The molecule has 1 aromatic heterocycles. The summed E-state index contributed by atoms with van der Waals surface area (Å²) in [6, 6.07) is 0. The number of rotatable bonds is 6. The molecule has 1 N–H and O–H groups in total. The fourth-order valence-corrected chi connectivity index (χ4v) is 3.46. The van der Waals surface area contributed by atoms with Gasteiger partial charge in [0.25, 0.3) is 0 Å². The third-order valence-electron chi connectivity index (χ3n) is 3.32. The maximum absolute atomic E-state index is 11.3. The van der Waals surface area contributed by atoms with E-state index in [4.69, 9.17) is 4.74 Å². The fourth-order valence-electron chi connectivity index (χ4n) is 2.38. The van der Waals surface area contributed by atoms with Crippen LogP contribution in [0.3, 0.4) is 0 Å². The Labute approximate surface area is 123 Å². The van der Waals surface area contributed by atoms with E-state index in [9.17, 15) is 9.90 Å². The van der Waals surface area contributed by atoms with Gasteiger partial charge in [0, 0.05) is 6.61 Å². The van der Waals surface area contributed by atoms with Gasteiger partial charge in [-0.25, -0.2) is 14.8 Å². The van der Waals surface area contributed by atoms with Crippen molar-refractivity contribution in [1.82, 2.24) is 9.97 Å². The molecule has 0 amide bonds. The first-order chi connectivity index (χ1) is 9.58. The van der Waals surface area contributed by atoms with Crippen molar-refractivity contribution in [2.75, 3.05) is 12.4 Å². The number of carboxylic acid groups (broad SMARTS) is 1. The molecule has 110 valence electrons. The van der Waals surface area contributed by atoms with Gasteiger partial charge >= 0.3 is 5.97 Å². The van der Waals surface area contributed by atoms with E-state index in [0.717, 1.165) is 38.0 Å². The van der Waals surface area contributed by atoms with Crippen molar-refractivity contribution in [1.29, 1.82) is 0 Å². The van der Waals surface area contributed by atoms with E-state index in [-0.39, 0.29) is 5.56 Å². The van der Waals surface area contributed by atoms with Crippen LogP contribution in [0.2, 0.25) is 0 Å². The second-order valence-electron chi connectivity index (χ2n) is 4.97. The monoisotopic (exact) mass is 296 g/mol. The number of nitrogens with zero attached hydrogens (tertiary/aromatic N) is 2. The molecule has 1 aliphatic heterocycles. The van der Waals surface area contributed by atoms with E-state index < -0.39 is 5.97 Å². The Bertz CT molecular complexity index is 488. The van der Waals surface area contributed by atoms with E-state index in [1.165, 1.54) is 11.8 Å². The molecule has 2 heterocycles. The number of hydrogen-bond donors (Lipinski definition) is 1. The number of thioether (sulfide) groups is 1. The first-order valence-corrected chi connectivity index (χ1v) is 7.89. The number of carboxylic acids is 1. The summed E-state index contributed by atoms with van der Waals surface area (Å²) in [4.78, 5) is 19.7. The zero-order valence-electron chi connectivity index (χ0n) is 11.9. The Morgan fingerprint density at radius 1 is 1.45 bits per heavy atom. The summed E-state index contributed by atoms with van der Waals surface area (Å²) >= 11 is 1.50. The highest BCUT2D eigenvalue weighted by molar-refractivity contribution is 7.99. The molecular formula is C14H20N2O3S. The number of aryl methyl sites for hydroxylation is 2. The Balaban J connectivity index is 1.92. The van der Waals surface area contributed by atoms with Gasteiger partial charge in [-0.05, 0) is 45.3 Å². The largest absolute Gasteiger partial charge is 0.478 e. The van der Waals surface area contributed by atoms with Crippen LogP contribution in [0.5, 0.6) is 0 Å². The molecule has 20 heavy (non-hydrogen) atoms. The van der Waals surface area contributed by atoms with Crippen molar-refractivity contribution in [2.24, 2.45) is 0 Å². The van der Waals surface area contributed by atoms with Gasteiger partial charge in [0.1, 0.15) is 16.4 Å². The van der Waals surface area contributed by atoms with Crippen molar-refractivity contribution >= 4 is 17.7 Å². The highest BCUT2D eigenvalue weighted by Gasteiger charge is 2.18. The number of aromatic nitrogens is 2. The van der Waals surface area contributed by atoms with Crippen LogP contribution in [0.4, 0.5) is 0 Å². The Hall–Kier alpha value is -1.14. The minimum atomic E-state index is -0.955. The zero-order chi connectivity index (χ0) is 14.5. The van der Waals surface area contributed by atoms with Crippen LogP contribution in [0.25, 0.3) is 0 Å². The van der Waals surface area contributed by atoms with Crippen LogP contribution in [-0.2, 0) is 4.74 Å². The standard InChI is InChI=1S/C14H20N2O3S/c1-9-12(14(17)18)13(16-10(2)15-9)20-8-4-6-11-5-3-7-19-11/h11H,3-8H2,1-2H3,(H,17,18). The molecule has 1 saturated heterocycles. The minimum Gasteiger partial charge on any atom is -0.478 e. The molecule has 0 radical (unpaired) electrons. The quantitative estimate of drug-likeness (QED) is 0.494. The number of hydrogen-bond acceptors (Lipinski definition) is 5. The van der Waals surface area contributed by atoms with E-state index in [1.54, 1.807) is 13.8 Å². The average molecular weight is 296 g/mol. The second kappa shape index (κ2) is 7.04. The molecule has 1 atom stereocenters. The predicted octanol–water partition coefficient (Wildman–Crippen LogP) is 2.84. The third-order valence-corrected chi connectivity index (χ3v) is 4.38. The van der Waals surface area contributed by atoms with E-state index in [0.29, 0.717) is 22.6 Å². The first kappa shape index (κ1) is 15.3. The SMILES string of the molecule is Cc1nc(C)c(C(=O)O)c(SCCCC2CCCO2)n1. The molecule has 1 fully saturated rings. The summed E-state index contributed by atoms with van der Waals surface area (Å²) in [5, 5.41) is 9.83. The lowest BCUT2D eigenvalue weighted by Crippen LogP contribution is -2.09. The molecule has 0 aromatic carbocycles. The fraction of sp³-hybridized carbons (Fsp3) is 0.643. The molecule has 6 heteroatoms. The minimum absolute atomic E-state index is 0.234. The first-order valence-electron chi connectivity index (χ1n) is 6.91. The summed E-state index contributed by atoms with van der Waals surface area (Å²) in [6.07, 6.45) is 4.75. The molecule has 1 unspecified atom stereocenters. The number of carbonyl (C=O) groups is 1. The topological polar surface area (TPSA) is 72.3 Å². The average Bonchev–Trinajstić information content (AvgIpc) is 2.86. The van der Waals surface area contributed by atoms with Gasteiger partial charge in [-0.2, -0.15) is 0 Å². The van der Waals surface area contributed by atoms with Crippen molar-refractivity contribution in [3.63, 3.8) is 0 Å². The smallest absolute Gasteiger partial charge is 0.340 e. The van der Waals surface area contributed by atoms with Crippen LogP contribution in [-0.4, -0.2) is 39.5 Å². The van der Waals surface area contributed by atoms with Crippen molar-refractivity contribution < 1.29 is 14.6 Å². The molecule has 1 aliphatic rings. The van der Waals surface area contributed by atoms with Crippen molar-refractivity contribution in [2.45, 2.75) is 50.7 Å². The zero-order valence-corrected chi connectivity index (χ0v) is 12.7. The highest BCUT2D eigenvalue weighted by atomic mass is 32.2. The van der Waals surface area contributed by atoms with Crippen LogP contribution >= 0.6 is 11.8 Å². The lowest BCUT2D eigenvalue weighted by molar-refractivity contribution is 0.0690. The third kappa shape index (κ3) is 3.93. The molecule has 0 saturated carbocycles. The van der Waals surface area contributed by atoms with E-state index in [1.807, 2.05) is 0 Å². The van der Waals surface area contributed by atoms with Crippen LogP contribution in [0.15, 0.2) is 5.03 Å². The van der Waals surface area contributed by atoms with Gasteiger partial charge in [-0.1, -0.05) is 0 Å². The normalized spacial score (nSPS) is 18.4. The van der Waals surface area contributed by atoms with Crippen LogP contribution in [0, 0.1) is 13.8 Å².